The summed E-state index contributed by atoms with van der Waals surface area (Å²) in [7, 11) is 0. The number of benzene rings is 2. The van der Waals surface area contributed by atoms with Crippen molar-refractivity contribution in [2.24, 2.45) is 11.7 Å². The van der Waals surface area contributed by atoms with E-state index in [4.69, 9.17) is 15.2 Å². The maximum absolute atomic E-state index is 11.4. The standard InChI is InChI=1S/C24H30AsNO3/c26-23(27)22-3-1-2-21(16-22)20-6-4-19(5-7-20)17-25-13-10-18-8-11-24(12-9-18)28-14-15-29-24/h1-7,16,18,25H,8-15,17H2,(H2,26,27). The summed E-state index contributed by atoms with van der Waals surface area (Å²) in [6, 6.07) is 16.3. The molecule has 1 saturated carbocycles. The minimum absolute atomic E-state index is 0.0562. The number of hydrogen-bond donors (Lipinski definition) is 1. The van der Waals surface area contributed by atoms with E-state index in [-0.39, 0.29) is 27.4 Å². The molecule has 0 aromatic heterocycles. The first-order valence-electron chi connectivity index (χ1n) is 10.6. The van der Waals surface area contributed by atoms with E-state index in [1.54, 1.807) is 6.07 Å². The topological polar surface area (TPSA) is 61.6 Å². The van der Waals surface area contributed by atoms with Gasteiger partial charge in [-0.25, -0.2) is 0 Å². The fraction of sp³-hybridized carbons (Fsp3) is 0.458. The zero-order valence-corrected chi connectivity index (χ0v) is 19.0. The van der Waals surface area contributed by atoms with Crippen molar-refractivity contribution in [3.8, 4) is 11.1 Å². The van der Waals surface area contributed by atoms with Crippen LogP contribution in [0, 0.1) is 5.92 Å². The third kappa shape index (κ3) is 5.31. The van der Waals surface area contributed by atoms with Crippen molar-refractivity contribution in [2.75, 3.05) is 13.2 Å². The second-order valence-corrected chi connectivity index (χ2v) is 11.0. The van der Waals surface area contributed by atoms with E-state index in [0.717, 1.165) is 43.1 Å². The van der Waals surface area contributed by atoms with Crippen molar-refractivity contribution in [2.45, 2.75) is 48.3 Å². The molecule has 1 amide bonds. The molecule has 0 radical (unpaired) electrons. The molecule has 1 aliphatic heterocycles. The minimum atomic E-state index is -0.384. The van der Waals surface area contributed by atoms with Gasteiger partial charge in [0.2, 0.25) is 0 Å². The van der Waals surface area contributed by atoms with Crippen LogP contribution in [-0.4, -0.2) is 40.7 Å². The molecule has 1 unspecified atom stereocenters. The average molecular weight is 455 g/mol. The van der Waals surface area contributed by atoms with Crippen molar-refractivity contribution in [3.05, 3.63) is 59.7 Å². The predicted molar refractivity (Wildman–Crippen MR) is 117 cm³/mol. The summed E-state index contributed by atoms with van der Waals surface area (Å²) in [5.74, 6) is 0.258. The maximum atomic E-state index is 11.4. The third-order valence-corrected chi connectivity index (χ3v) is 8.90. The monoisotopic (exact) mass is 455 g/mol. The van der Waals surface area contributed by atoms with Crippen LogP contribution in [0.25, 0.3) is 11.1 Å². The Hall–Kier alpha value is -1.61. The first-order chi connectivity index (χ1) is 14.1. The normalized spacial score (nSPS) is 19.3. The summed E-state index contributed by atoms with van der Waals surface area (Å²) in [6.07, 6.45) is 6.04. The van der Waals surface area contributed by atoms with Gasteiger partial charge in [-0.1, -0.05) is 0 Å². The van der Waals surface area contributed by atoms with Gasteiger partial charge in [-0.3, -0.25) is 0 Å². The van der Waals surface area contributed by atoms with Crippen LogP contribution in [0.15, 0.2) is 48.5 Å². The molecule has 1 atom stereocenters. The van der Waals surface area contributed by atoms with E-state index in [9.17, 15) is 4.79 Å². The van der Waals surface area contributed by atoms with Gasteiger partial charge in [0.05, 0.1) is 0 Å². The van der Waals surface area contributed by atoms with Crippen LogP contribution in [0.3, 0.4) is 0 Å². The summed E-state index contributed by atoms with van der Waals surface area (Å²) in [6.45, 7) is 1.54. The van der Waals surface area contributed by atoms with Gasteiger partial charge in [0.25, 0.3) is 0 Å². The van der Waals surface area contributed by atoms with Gasteiger partial charge >= 0.3 is 180 Å². The average Bonchev–Trinajstić information content (AvgIpc) is 3.21. The molecule has 29 heavy (non-hydrogen) atoms. The Bertz CT molecular complexity index is 820. The van der Waals surface area contributed by atoms with E-state index >= 15 is 0 Å². The quantitative estimate of drug-likeness (QED) is 0.505. The first kappa shape index (κ1) is 20.7. The van der Waals surface area contributed by atoms with Crippen LogP contribution in [0.2, 0.25) is 5.21 Å². The Balaban J connectivity index is 1.21. The second kappa shape index (κ2) is 9.47. The van der Waals surface area contributed by atoms with Gasteiger partial charge in [0.15, 0.2) is 0 Å². The molecule has 2 aliphatic rings. The van der Waals surface area contributed by atoms with Crippen LogP contribution >= 0.6 is 0 Å². The van der Waals surface area contributed by atoms with E-state index in [2.05, 4.69) is 24.3 Å². The molecule has 2 fully saturated rings. The van der Waals surface area contributed by atoms with Gasteiger partial charge in [-0.15, -0.1) is 0 Å². The molecular formula is C24H30AsNO3. The Morgan fingerprint density at radius 2 is 1.76 bits per heavy atom. The van der Waals surface area contributed by atoms with E-state index in [1.807, 2.05) is 18.2 Å². The summed E-state index contributed by atoms with van der Waals surface area (Å²) in [4.78, 5) is 11.4. The number of hydrogen-bond acceptors (Lipinski definition) is 3. The van der Waals surface area contributed by atoms with E-state index in [0.29, 0.717) is 5.56 Å². The number of carbonyl (C=O) groups is 1. The molecule has 1 heterocycles. The van der Waals surface area contributed by atoms with Crippen molar-refractivity contribution < 1.29 is 14.3 Å². The molecular weight excluding hydrogens is 425 g/mol. The fourth-order valence-corrected chi connectivity index (χ4v) is 7.15. The third-order valence-electron chi connectivity index (χ3n) is 6.17. The zero-order valence-electron chi connectivity index (χ0n) is 16.9. The molecule has 4 nitrogen and oxygen atoms in total. The number of primary amides is 1. The van der Waals surface area contributed by atoms with Crippen LogP contribution in [-0.2, 0) is 14.7 Å². The van der Waals surface area contributed by atoms with Crippen LogP contribution in [0.4, 0.5) is 0 Å². The summed E-state index contributed by atoms with van der Waals surface area (Å²) >= 11 is 0.0562. The molecule has 2 N–H and O–H groups in total. The predicted octanol–water partition coefficient (Wildman–Crippen LogP) is 4.13. The Morgan fingerprint density at radius 1 is 1.03 bits per heavy atom. The van der Waals surface area contributed by atoms with Gasteiger partial charge in [0, 0.05) is 0 Å². The summed E-state index contributed by atoms with van der Waals surface area (Å²) < 4.78 is 11.7. The Kier molecular flexibility index (Phi) is 6.74. The van der Waals surface area contributed by atoms with Gasteiger partial charge in [-0.2, -0.15) is 0 Å². The van der Waals surface area contributed by atoms with Crippen LogP contribution < -0.4 is 5.73 Å². The number of ether oxygens (including phenoxy) is 2. The SMILES string of the molecule is NC(=O)c1cccc(-c2ccc(C[AsH]CCC3CCC4(CC3)OCCO4)cc2)c1. The molecule has 1 saturated heterocycles. The van der Waals surface area contributed by atoms with Gasteiger partial charge in [0.1, 0.15) is 0 Å². The fourth-order valence-electron chi connectivity index (χ4n) is 4.40. The molecule has 1 spiro atoms. The Morgan fingerprint density at radius 3 is 2.45 bits per heavy atom. The zero-order chi connectivity index (χ0) is 20.1. The molecule has 2 aromatic carbocycles. The van der Waals surface area contributed by atoms with Crippen molar-refractivity contribution in [3.63, 3.8) is 0 Å². The Labute approximate surface area is 179 Å². The molecule has 154 valence electrons. The van der Waals surface area contributed by atoms with E-state index < -0.39 is 0 Å². The van der Waals surface area contributed by atoms with Crippen LogP contribution in [0.5, 0.6) is 0 Å². The van der Waals surface area contributed by atoms with Crippen molar-refractivity contribution in [1.29, 1.82) is 0 Å². The van der Waals surface area contributed by atoms with Gasteiger partial charge in [-0.05, 0) is 0 Å². The molecule has 0 bridgehead atoms. The molecule has 5 heteroatoms. The van der Waals surface area contributed by atoms with Crippen molar-refractivity contribution in [1.82, 2.24) is 0 Å². The molecule has 1 aliphatic carbocycles. The van der Waals surface area contributed by atoms with Crippen LogP contribution in [0.1, 0.15) is 48.0 Å². The summed E-state index contributed by atoms with van der Waals surface area (Å²) in [5, 5.41) is 2.65. The molecule has 2 aromatic rings. The first-order valence-corrected chi connectivity index (χ1v) is 13.6. The molecule has 4 rings (SSSR count). The number of carbonyl (C=O) groups excluding carboxylic acids is 1. The number of nitrogens with two attached hydrogens (primary N) is 1. The summed E-state index contributed by atoms with van der Waals surface area (Å²) in [5.41, 5.74) is 9.53. The number of rotatable bonds is 7. The second-order valence-electron chi connectivity index (χ2n) is 8.16. The number of amides is 1. The van der Waals surface area contributed by atoms with Crippen molar-refractivity contribution >= 4 is 21.7 Å². The van der Waals surface area contributed by atoms with Gasteiger partial charge < -0.3 is 0 Å². The van der Waals surface area contributed by atoms with E-state index in [1.165, 1.54) is 35.2 Å².